The highest BCUT2D eigenvalue weighted by Crippen LogP contribution is 2.26. The van der Waals surface area contributed by atoms with Gasteiger partial charge in [-0.2, -0.15) is 4.39 Å². The molecule has 0 aliphatic rings. The van der Waals surface area contributed by atoms with E-state index in [0.717, 1.165) is 22.3 Å². The number of benzene rings is 4. The maximum atomic E-state index is 13.7. The van der Waals surface area contributed by atoms with Gasteiger partial charge in [-0.1, -0.05) is 72.8 Å². The number of anilines is 1. The molecule has 0 bridgehead atoms. The van der Waals surface area contributed by atoms with Crippen LogP contribution in [-0.4, -0.2) is 33.9 Å². The van der Waals surface area contributed by atoms with Crippen LogP contribution in [0.1, 0.15) is 22.3 Å². The monoisotopic (exact) mass is 725 g/mol. The molecular weight excluding hydrogens is 696 g/mol. The second-order valence-electron chi connectivity index (χ2n) is 10.8. The van der Waals surface area contributed by atoms with Gasteiger partial charge in [-0.25, -0.2) is 35.6 Å². The van der Waals surface area contributed by atoms with E-state index in [2.05, 4.69) is 15.3 Å². The number of halogens is 3. The van der Waals surface area contributed by atoms with Gasteiger partial charge in [0.2, 0.25) is 25.6 Å². The molecule has 6 rings (SSSR count). The maximum absolute atomic E-state index is 13.7. The Morgan fingerprint density at radius 1 is 0.490 bits per heavy atom. The van der Waals surface area contributed by atoms with Crippen LogP contribution in [0.5, 0.6) is 0 Å². The van der Waals surface area contributed by atoms with Gasteiger partial charge >= 0.3 is 0 Å². The van der Waals surface area contributed by atoms with Crippen LogP contribution in [0.15, 0.2) is 153 Å². The molecule has 0 unspecified atom stereocenters. The molecule has 0 saturated carbocycles. The Morgan fingerprint density at radius 3 is 1.24 bits per heavy atom. The summed E-state index contributed by atoms with van der Waals surface area (Å²) in [6, 6.07) is 30.4. The molecule has 0 saturated heterocycles. The largest absolute Gasteiger partial charge is 0.372 e. The molecule has 0 fully saturated rings. The molecule has 0 aliphatic heterocycles. The molecule has 4 aromatic carbocycles. The molecule has 258 valence electrons. The highest BCUT2D eigenvalue weighted by Gasteiger charge is 2.23. The molecule has 2 heterocycles. The van der Waals surface area contributed by atoms with E-state index in [0.29, 0.717) is 5.82 Å². The fourth-order valence-electron chi connectivity index (χ4n) is 4.67. The van der Waals surface area contributed by atoms with Crippen molar-refractivity contribution in [2.45, 2.75) is 19.6 Å². The van der Waals surface area contributed by atoms with E-state index in [1.54, 1.807) is 85.9 Å². The molecule has 0 aliphatic carbocycles. The molecule has 0 atom stereocenters. The van der Waals surface area contributed by atoms with E-state index >= 15 is 0 Å². The first-order valence-corrected chi connectivity index (χ1v) is 18.2. The summed E-state index contributed by atoms with van der Waals surface area (Å²) in [5, 5.41) is 2.80. The minimum atomic E-state index is -3.96. The number of nitrogens with one attached hydrogen (secondary N) is 1. The van der Waals surface area contributed by atoms with Crippen LogP contribution in [0.4, 0.5) is 19.0 Å². The van der Waals surface area contributed by atoms with Gasteiger partial charge in [0.05, 0.1) is 9.79 Å². The zero-order chi connectivity index (χ0) is 36.4. The minimum absolute atomic E-state index is 0.0154. The summed E-state index contributed by atoms with van der Waals surface area (Å²) >= 11 is 0. The lowest BCUT2D eigenvalue weighted by Crippen LogP contribution is -2.07. The highest BCUT2D eigenvalue weighted by molar-refractivity contribution is 7.92. The van der Waals surface area contributed by atoms with E-state index in [1.165, 1.54) is 67.0 Å². The number of hydrogen-bond donors (Lipinski definition) is 1. The third-order valence-electron chi connectivity index (χ3n) is 7.37. The fraction of sp³-hybridized carbons (Fsp3) is 0.0256. The normalized spacial score (nSPS) is 11.7. The number of pyridine rings is 2. The minimum Gasteiger partial charge on any atom is -0.372 e. The molecule has 2 aromatic heterocycles. The second-order valence-corrected chi connectivity index (χ2v) is 14.6. The van der Waals surface area contributed by atoms with Gasteiger partial charge in [0.25, 0.3) is 0 Å². The molecule has 1 N–H and O–H groups in total. The van der Waals surface area contributed by atoms with E-state index < -0.39 is 30.5 Å². The van der Waals surface area contributed by atoms with Crippen molar-refractivity contribution in [1.29, 1.82) is 0 Å². The van der Waals surface area contributed by atoms with Crippen LogP contribution < -0.4 is 5.32 Å². The smallest absolute Gasteiger partial charge is 0.232 e. The molecule has 12 heteroatoms. The van der Waals surface area contributed by atoms with Gasteiger partial charge in [0.1, 0.15) is 27.2 Å². The zero-order valence-corrected chi connectivity index (χ0v) is 28.6. The van der Waals surface area contributed by atoms with Gasteiger partial charge in [-0.15, -0.1) is 0 Å². The summed E-state index contributed by atoms with van der Waals surface area (Å²) in [5.74, 6) is -1.31. The second kappa shape index (κ2) is 16.2. The summed E-state index contributed by atoms with van der Waals surface area (Å²) in [6.45, 7) is 0. The van der Waals surface area contributed by atoms with E-state index in [9.17, 15) is 30.0 Å². The predicted octanol–water partition coefficient (Wildman–Crippen LogP) is 8.63. The zero-order valence-electron chi connectivity index (χ0n) is 27.0. The number of rotatable bonds is 9. The lowest BCUT2D eigenvalue weighted by molar-refractivity contribution is 0.538. The van der Waals surface area contributed by atoms with Crippen molar-refractivity contribution in [2.24, 2.45) is 0 Å². The Morgan fingerprint density at radius 2 is 0.843 bits per heavy atom. The molecule has 0 spiro atoms. The summed E-state index contributed by atoms with van der Waals surface area (Å²) in [4.78, 5) is 7.28. The molecule has 51 heavy (non-hydrogen) atoms. The Balaban J connectivity index is 0.000000198. The highest BCUT2D eigenvalue weighted by atomic mass is 32.2. The van der Waals surface area contributed by atoms with Crippen molar-refractivity contribution in [3.05, 3.63) is 174 Å². The Hall–Kier alpha value is -5.85. The summed E-state index contributed by atoms with van der Waals surface area (Å²) < 4.78 is 89.9. The van der Waals surface area contributed by atoms with Crippen molar-refractivity contribution in [3.63, 3.8) is 0 Å². The van der Waals surface area contributed by atoms with Crippen molar-refractivity contribution < 1.29 is 30.0 Å². The van der Waals surface area contributed by atoms with E-state index in [4.69, 9.17) is 0 Å². The van der Waals surface area contributed by atoms with Gasteiger partial charge in [0.15, 0.2) is 0 Å². The first-order chi connectivity index (χ1) is 24.5. The standard InChI is InChI=1S/C20H17FN2O2S.C19H13F2NO2S/c1-22-20-19(3-2-14-23-20)26(24,25)18-12-8-16(9-13-18)5-4-15-6-10-17(21)11-7-15;20-16-9-5-14(6-10-16)3-4-15-7-11-17(12-8-15)25(23,24)18-2-1-13-22-19(18)21/h2-14H,1H3,(H,22,23);1-13H/b5-4+;. The Labute approximate surface area is 294 Å². The van der Waals surface area contributed by atoms with Gasteiger partial charge in [0, 0.05) is 19.4 Å². The number of hydrogen-bond acceptors (Lipinski definition) is 7. The molecule has 6 aromatic rings. The lowest BCUT2D eigenvalue weighted by Gasteiger charge is -2.09. The summed E-state index contributed by atoms with van der Waals surface area (Å²) in [5.41, 5.74) is 3.27. The van der Waals surface area contributed by atoms with Crippen LogP contribution in [0.2, 0.25) is 0 Å². The van der Waals surface area contributed by atoms with Crippen LogP contribution in [0, 0.1) is 17.6 Å². The van der Waals surface area contributed by atoms with Crippen molar-refractivity contribution in [2.75, 3.05) is 12.4 Å². The maximum Gasteiger partial charge on any atom is 0.232 e. The molecule has 0 radical (unpaired) electrons. The first-order valence-electron chi connectivity index (χ1n) is 15.3. The average molecular weight is 726 g/mol. The molecular formula is C39H30F3N3O4S2. The average Bonchev–Trinajstić information content (AvgIpc) is 3.15. The van der Waals surface area contributed by atoms with Crippen LogP contribution in [0.3, 0.4) is 0 Å². The molecule has 7 nitrogen and oxygen atoms in total. The van der Waals surface area contributed by atoms with Crippen molar-refractivity contribution >= 4 is 49.8 Å². The summed E-state index contributed by atoms with van der Waals surface area (Å²) in [7, 11) is -5.99. The SMILES string of the molecule is CNc1ncccc1S(=O)(=O)c1ccc(/C=C/c2ccc(F)cc2)cc1.O=S(=O)(c1ccc(C=Cc2ccc(F)cc2)cc1)c1cccnc1F. The van der Waals surface area contributed by atoms with Crippen molar-refractivity contribution in [3.8, 4) is 0 Å². The van der Waals surface area contributed by atoms with Crippen LogP contribution >= 0.6 is 0 Å². The van der Waals surface area contributed by atoms with Gasteiger partial charge in [-0.05, 0) is 95.1 Å². The topological polar surface area (TPSA) is 106 Å². The Kier molecular flexibility index (Phi) is 11.6. The third kappa shape index (κ3) is 9.24. The Bertz CT molecular complexity index is 2380. The predicted molar refractivity (Wildman–Crippen MR) is 192 cm³/mol. The summed E-state index contributed by atoms with van der Waals surface area (Å²) in [6.07, 6.45) is 9.96. The first kappa shape index (κ1) is 36.4. The van der Waals surface area contributed by atoms with E-state index in [-0.39, 0.29) is 26.3 Å². The van der Waals surface area contributed by atoms with Crippen LogP contribution in [0.25, 0.3) is 24.3 Å². The molecule has 0 amide bonds. The number of aromatic nitrogens is 2. The van der Waals surface area contributed by atoms with Gasteiger partial charge in [-0.3, -0.25) is 0 Å². The van der Waals surface area contributed by atoms with Gasteiger partial charge < -0.3 is 5.32 Å². The van der Waals surface area contributed by atoms with Crippen molar-refractivity contribution in [1.82, 2.24) is 9.97 Å². The van der Waals surface area contributed by atoms with Crippen LogP contribution in [-0.2, 0) is 19.7 Å². The quantitative estimate of drug-likeness (QED) is 0.118. The fourth-order valence-corrected chi connectivity index (χ4v) is 7.37. The number of sulfone groups is 2. The van der Waals surface area contributed by atoms with E-state index in [1.807, 2.05) is 12.2 Å². The number of nitrogens with zero attached hydrogens (tertiary/aromatic N) is 2. The lowest BCUT2D eigenvalue weighted by atomic mass is 10.1. The third-order valence-corrected chi connectivity index (χ3v) is 10.9.